The molecule has 0 unspecified atom stereocenters. The number of carbonyl (C=O) groups excluding carboxylic acids is 2. The van der Waals surface area contributed by atoms with Gasteiger partial charge in [0.2, 0.25) is 0 Å². The molecule has 0 aromatic heterocycles. The number of nitrogens with zero attached hydrogens (tertiary/aromatic N) is 1. The summed E-state index contributed by atoms with van der Waals surface area (Å²) in [6.07, 6.45) is 0. The van der Waals surface area contributed by atoms with Crippen molar-refractivity contribution in [1.82, 2.24) is 0 Å². The highest BCUT2D eigenvalue weighted by Crippen LogP contribution is 2.25. The first kappa shape index (κ1) is 16.1. The van der Waals surface area contributed by atoms with E-state index in [0.29, 0.717) is 0 Å². The van der Waals surface area contributed by atoms with E-state index < -0.39 is 16.7 Å². The summed E-state index contributed by atoms with van der Waals surface area (Å²) in [5, 5.41) is 15.8. The second kappa shape index (κ2) is 6.47. The van der Waals surface area contributed by atoms with Crippen molar-refractivity contribution in [3.8, 4) is 0 Å². The van der Waals surface area contributed by atoms with Crippen molar-refractivity contribution >= 4 is 28.9 Å². The highest BCUT2D eigenvalue weighted by molar-refractivity contribution is 6.05. The number of hydrogen-bond acceptors (Lipinski definition) is 4. The molecule has 2 N–H and O–H groups in total. The van der Waals surface area contributed by atoms with Gasteiger partial charge in [0, 0.05) is 34.7 Å². The largest absolute Gasteiger partial charge is 0.322 e. The predicted octanol–water partition coefficient (Wildman–Crippen LogP) is 2.62. The number of anilines is 2. The van der Waals surface area contributed by atoms with Gasteiger partial charge in [0.15, 0.2) is 0 Å². The summed E-state index contributed by atoms with van der Waals surface area (Å²) in [4.78, 5) is 33.4. The standard InChI is InChI=1S/C14H15N3O4/c1-8(2)13(18)15-10-5-11(16-14(19)9(3)4)7-12(6-10)17(20)21/h5-7H,1,3H2,2,4H3,(H,15,18)(H,16,19). The van der Waals surface area contributed by atoms with Crippen LogP contribution in [0.2, 0.25) is 0 Å². The van der Waals surface area contributed by atoms with Crippen LogP contribution in [0.25, 0.3) is 0 Å². The van der Waals surface area contributed by atoms with Gasteiger partial charge < -0.3 is 10.6 Å². The number of rotatable bonds is 5. The van der Waals surface area contributed by atoms with E-state index >= 15 is 0 Å². The first-order valence-corrected chi connectivity index (χ1v) is 5.94. The number of nitrogens with one attached hydrogen (secondary N) is 2. The van der Waals surface area contributed by atoms with Gasteiger partial charge >= 0.3 is 0 Å². The minimum atomic E-state index is -0.618. The molecular formula is C14H15N3O4. The highest BCUT2D eigenvalue weighted by atomic mass is 16.6. The van der Waals surface area contributed by atoms with Gasteiger partial charge in [0.1, 0.15) is 0 Å². The van der Waals surface area contributed by atoms with Gasteiger partial charge in [-0.15, -0.1) is 0 Å². The van der Waals surface area contributed by atoms with Gasteiger partial charge in [-0.1, -0.05) is 13.2 Å². The SMILES string of the molecule is C=C(C)C(=O)Nc1cc(NC(=O)C(=C)C)cc([N+](=O)[O-])c1. The molecule has 0 aliphatic heterocycles. The van der Waals surface area contributed by atoms with Crippen molar-refractivity contribution in [2.24, 2.45) is 0 Å². The maximum atomic E-state index is 11.6. The first-order valence-electron chi connectivity index (χ1n) is 5.94. The van der Waals surface area contributed by atoms with Gasteiger partial charge in [0.25, 0.3) is 17.5 Å². The quantitative estimate of drug-likeness (QED) is 0.494. The predicted molar refractivity (Wildman–Crippen MR) is 80.0 cm³/mol. The summed E-state index contributed by atoms with van der Waals surface area (Å²) in [7, 11) is 0. The molecule has 1 aromatic rings. The summed E-state index contributed by atoms with van der Waals surface area (Å²) in [5.41, 5.74) is 0.637. The number of amides is 2. The molecule has 110 valence electrons. The molecular weight excluding hydrogens is 274 g/mol. The average Bonchev–Trinajstić information content (AvgIpc) is 2.37. The Morgan fingerprint density at radius 2 is 1.38 bits per heavy atom. The smallest absolute Gasteiger partial charge is 0.273 e. The molecule has 0 fully saturated rings. The lowest BCUT2D eigenvalue weighted by molar-refractivity contribution is -0.384. The van der Waals surface area contributed by atoms with Crippen molar-refractivity contribution in [3.05, 3.63) is 52.6 Å². The van der Waals surface area contributed by atoms with E-state index in [4.69, 9.17) is 0 Å². The Kier molecular flexibility index (Phi) is 4.96. The van der Waals surface area contributed by atoms with Gasteiger partial charge in [-0.05, 0) is 19.9 Å². The van der Waals surface area contributed by atoms with Crippen molar-refractivity contribution < 1.29 is 14.5 Å². The van der Waals surface area contributed by atoms with Crippen LogP contribution in [0, 0.1) is 10.1 Å². The van der Waals surface area contributed by atoms with Gasteiger partial charge in [-0.2, -0.15) is 0 Å². The lowest BCUT2D eigenvalue weighted by atomic mass is 10.2. The molecule has 1 rings (SSSR count). The van der Waals surface area contributed by atoms with Crippen LogP contribution >= 0.6 is 0 Å². The topological polar surface area (TPSA) is 101 Å². The Balaban J connectivity index is 3.14. The van der Waals surface area contributed by atoms with E-state index in [-0.39, 0.29) is 28.2 Å². The maximum Gasteiger partial charge on any atom is 0.273 e. The van der Waals surface area contributed by atoms with Crippen LogP contribution in [0.1, 0.15) is 13.8 Å². The summed E-state index contributed by atoms with van der Waals surface area (Å²) in [6, 6.07) is 3.79. The third-order valence-electron chi connectivity index (χ3n) is 2.42. The van der Waals surface area contributed by atoms with Crippen molar-refractivity contribution in [2.45, 2.75) is 13.8 Å². The monoisotopic (exact) mass is 289 g/mol. The lowest BCUT2D eigenvalue weighted by Gasteiger charge is -2.09. The van der Waals surface area contributed by atoms with Crippen LogP contribution in [0.4, 0.5) is 17.1 Å². The van der Waals surface area contributed by atoms with Gasteiger partial charge in [-0.25, -0.2) is 0 Å². The molecule has 2 amide bonds. The minimum Gasteiger partial charge on any atom is -0.322 e. The molecule has 0 heterocycles. The third-order valence-corrected chi connectivity index (χ3v) is 2.42. The summed E-state index contributed by atoms with van der Waals surface area (Å²) >= 11 is 0. The molecule has 21 heavy (non-hydrogen) atoms. The van der Waals surface area contributed by atoms with Crippen molar-refractivity contribution in [3.63, 3.8) is 0 Å². The summed E-state index contributed by atoms with van der Waals surface area (Å²) in [5.74, 6) is -0.930. The number of nitro benzene ring substituents is 1. The minimum absolute atomic E-state index is 0.189. The zero-order valence-electron chi connectivity index (χ0n) is 11.7. The van der Waals surface area contributed by atoms with Crippen LogP contribution in [0.3, 0.4) is 0 Å². The van der Waals surface area contributed by atoms with Crippen LogP contribution in [0.15, 0.2) is 42.5 Å². The fourth-order valence-electron chi connectivity index (χ4n) is 1.34. The van der Waals surface area contributed by atoms with E-state index in [1.54, 1.807) is 0 Å². The molecule has 0 saturated heterocycles. The van der Waals surface area contributed by atoms with Crippen LogP contribution in [0.5, 0.6) is 0 Å². The highest BCUT2D eigenvalue weighted by Gasteiger charge is 2.13. The lowest BCUT2D eigenvalue weighted by Crippen LogP contribution is -2.14. The molecule has 0 spiro atoms. The Morgan fingerprint density at radius 1 is 1.00 bits per heavy atom. The molecule has 0 aliphatic carbocycles. The van der Waals surface area contributed by atoms with Gasteiger partial charge in [0.05, 0.1) is 4.92 Å². The number of nitro groups is 1. The molecule has 0 radical (unpaired) electrons. The molecule has 0 atom stereocenters. The maximum absolute atomic E-state index is 11.6. The molecule has 0 saturated carbocycles. The number of non-ortho nitro benzene ring substituents is 1. The summed E-state index contributed by atoms with van der Waals surface area (Å²) in [6.45, 7) is 9.97. The average molecular weight is 289 g/mol. The van der Waals surface area contributed by atoms with Crippen molar-refractivity contribution in [2.75, 3.05) is 10.6 Å². The zero-order chi connectivity index (χ0) is 16.2. The Hall–Kier alpha value is -2.96. The van der Waals surface area contributed by atoms with E-state index in [2.05, 4.69) is 23.8 Å². The second-order valence-electron chi connectivity index (χ2n) is 4.49. The number of benzene rings is 1. The number of carbonyl (C=O) groups is 2. The second-order valence-corrected chi connectivity index (χ2v) is 4.49. The van der Waals surface area contributed by atoms with Crippen LogP contribution in [-0.2, 0) is 9.59 Å². The van der Waals surface area contributed by atoms with Gasteiger partial charge in [-0.3, -0.25) is 19.7 Å². The van der Waals surface area contributed by atoms with E-state index in [1.807, 2.05) is 0 Å². The molecule has 0 aliphatic rings. The third kappa shape index (κ3) is 4.57. The summed E-state index contributed by atoms with van der Waals surface area (Å²) < 4.78 is 0. The normalized spacial score (nSPS) is 9.62. The van der Waals surface area contributed by atoms with E-state index in [1.165, 1.54) is 32.0 Å². The molecule has 1 aromatic carbocycles. The Labute approximate surface area is 121 Å². The first-order chi connectivity index (χ1) is 9.70. The fraction of sp³-hybridized carbons (Fsp3) is 0.143. The van der Waals surface area contributed by atoms with Crippen LogP contribution < -0.4 is 10.6 Å². The molecule has 7 nitrogen and oxygen atoms in total. The fourth-order valence-corrected chi connectivity index (χ4v) is 1.34. The molecule has 0 bridgehead atoms. The Bertz CT molecular complexity index is 603. The number of hydrogen-bond donors (Lipinski definition) is 2. The Morgan fingerprint density at radius 3 is 1.67 bits per heavy atom. The van der Waals surface area contributed by atoms with E-state index in [0.717, 1.165) is 0 Å². The van der Waals surface area contributed by atoms with Crippen molar-refractivity contribution in [1.29, 1.82) is 0 Å². The molecule has 7 heteroatoms. The van der Waals surface area contributed by atoms with E-state index in [9.17, 15) is 19.7 Å². The van der Waals surface area contributed by atoms with Crippen LogP contribution in [-0.4, -0.2) is 16.7 Å². The zero-order valence-corrected chi connectivity index (χ0v) is 11.7.